The van der Waals surface area contributed by atoms with Gasteiger partial charge in [0.2, 0.25) is 0 Å². The van der Waals surface area contributed by atoms with Crippen molar-refractivity contribution in [3.8, 4) is 0 Å². The molecule has 0 aromatic heterocycles. The first-order chi connectivity index (χ1) is 9.69. The van der Waals surface area contributed by atoms with Crippen LogP contribution in [-0.2, 0) is 9.53 Å². The average molecular weight is 298 g/mol. The monoisotopic (exact) mass is 298 g/mol. The Balaban J connectivity index is 2.52. The normalized spacial score (nSPS) is 18.2. The van der Waals surface area contributed by atoms with Crippen LogP contribution in [0.3, 0.4) is 0 Å². The van der Waals surface area contributed by atoms with Gasteiger partial charge in [-0.3, -0.25) is 0 Å². The third-order valence-electron chi connectivity index (χ3n) is 3.55. The molecule has 1 aliphatic carbocycles. The zero-order valence-electron chi connectivity index (χ0n) is 14.0. The number of urea groups is 1. The molecule has 0 bridgehead atoms. The molecule has 1 atom stereocenters. The van der Waals surface area contributed by atoms with Crippen molar-refractivity contribution in [2.45, 2.75) is 84.4 Å². The van der Waals surface area contributed by atoms with Crippen molar-refractivity contribution in [3.63, 3.8) is 0 Å². The van der Waals surface area contributed by atoms with Gasteiger partial charge in [-0.15, -0.1) is 0 Å². The van der Waals surface area contributed by atoms with Crippen LogP contribution in [0.5, 0.6) is 0 Å². The minimum Gasteiger partial charge on any atom is -0.458 e. The molecule has 21 heavy (non-hydrogen) atoms. The van der Waals surface area contributed by atoms with E-state index in [0.717, 1.165) is 25.7 Å². The summed E-state index contributed by atoms with van der Waals surface area (Å²) >= 11 is 0. The molecule has 1 fully saturated rings. The summed E-state index contributed by atoms with van der Waals surface area (Å²) in [6.07, 6.45) is 5.60. The molecule has 1 saturated carbocycles. The predicted octanol–water partition coefficient (Wildman–Crippen LogP) is 2.98. The van der Waals surface area contributed by atoms with Gasteiger partial charge in [0.1, 0.15) is 11.6 Å². The van der Waals surface area contributed by atoms with Crippen molar-refractivity contribution >= 4 is 12.0 Å². The number of hydrogen-bond donors (Lipinski definition) is 2. The van der Waals surface area contributed by atoms with E-state index in [-0.39, 0.29) is 24.0 Å². The lowest BCUT2D eigenvalue weighted by molar-refractivity contribution is -0.158. The fourth-order valence-electron chi connectivity index (χ4n) is 2.48. The second-order valence-corrected chi connectivity index (χ2v) is 7.21. The summed E-state index contributed by atoms with van der Waals surface area (Å²) in [6.45, 7) is 9.27. The molecule has 1 rings (SSSR count). The molecule has 0 radical (unpaired) electrons. The van der Waals surface area contributed by atoms with Crippen molar-refractivity contribution in [1.82, 2.24) is 10.6 Å². The fraction of sp³-hybridized carbons (Fsp3) is 0.875. The molecule has 5 heteroatoms. The van der Waals surface area contributed by atoms with Gasteiger partial charge in [0.15, 0.2) is 0 Å². The Labute approximate surface area is 128 Å². The van der Waals surface area contributed by atoms with Crippen LogP contribution in [0.2, 0.25) is 0 Å². The molecule has 0 saturated heterocycles. The lowest BCUT2D eigenvalue weighted by atomic mass is 9.96. The Kier molecular flexibility index (Phi) is 6.49. The van der Waals surface area contributed by atoms with Crippen LogP contribution in [0.15, 0.2) is 0 Å². The minimum atomic E-state index is -0.618. The number of amides is 2. The minimum absolute atomic E-state index is 0.0167. The highest BCUT2D eigenvalue weighted by molar-refractivity contribution is 5.84. The van der Waals surface area contributed by atoms with Gasteiger partial charge in [0.25, 0.3) is 0 Å². The third kappa shape index (κ3) is 6.82. The van der Waals surface area contributed by atoms with Gasteiger partial charge in [0, 0.05) is 6.04 Å². The predicted molar refractivity (Wildman–Crippen MR) is 83.0 cm³/mol. The first-order valence-electron chi connectivity index (χ1n) is 7.99. The lowest BCUT2D eigenvalue weighted by Crippen LogP contribution is -2.52. The topological polar surface area (TPSA) is 67.4 Å². The molecule has 1 aliphatic rings. The van der Waals surface area contributed by atoms with E-state index in [9.17, 15) is 9.59 Å². The molecule has 0 aliphatic heterocycles. The van der Waals surface area contributed by atoms with Crippen LogP contribution in [0, 0.1) is 5.92 Å². The maximum absolute atomic E-state index is 12.2. The Bertz CT molecular complexity index is 355. The zero-order valence-corrected chi connectivity index (χ0v) is 14.0. The first kappa shape index (κ1) is 17.8. The maximum atomic E-state index is 12.2. The van der Waals surface area contributed by atoms with Crippen LogP contribution in [0.25, 0.3) is 0 Å². The van der Waals surface area contributed by atoms with Crippen LogP contribution in [0.1, 0.15) is 66.7 Å². The van der Waals surface area contributed by atoms with Gasteiger partial charge in [0.05, 0.1) is 0 Å². The number of hydrogen-bond acceptors (Lipinski definition) is 3. The quantitative estimate of drug-likeness (QED) is 0.784. The number of carbonyl (C=O) groups excluding carboxylic acids is 2. The van der Waals surface area contributed by atoms with E-state index in [2.05, 4.69) is 10.6 Å². The molecular formula is C16H30N2O3. The number of nitrogens with one attached hydrogen (secondary N) is 2. The Morgan fingerprint density at radius 1 is 1.10 bits per heavy atom. The van der Waals surface area contributed by atoms with Gasteiger partial charge in [-0.05, 0) is 39.5 Å². The number of rotatable bonds is 4. The number of carbonyl (C=O) groups is 2. The molecule has 0 spiro atoms. The van der Waals surface area contributed by atoms with E-state index in [1.165, 1.54) is 6.42 Å². The standard InChI is InChI=1S/C16H30N2O3/c1-11(2)13(14(19)21-16(3,4)5)18-15(20)17-12-9-7-6-8-10-12/h11-13H,6-10H2,1-5H3,(H2,17,18,20)/t13-/m1/s1. The van der Waals surface area contributed by atoms with Crippen LogP contribution >= 0.6 is 0 Å². The van der Waals surface area contributed by atoms with E-state index in [4.69, 9.17) is 4.74 Å². The second-order valence-electron chi connectivity index (χ2n) is 7.21. The van der Waals surface area contributed by atoms with Crippen molar-refractivity contribution in [2.75, 3.05) is 0 Å². The molecule has 122 valence electrons. The van der Waals surface area contributed by atoms with E-state index in [1.54, 1.807) is 0 Å². The molecule has 2 N–H and O–H groups in total. The van der Waals surface area contributed by atoms with Gasteiger partial charge in [-0.1, -0.05) is 33.1 Å². The lowest BCUT2D eigenvalue weighted by Gasteiger charge is -2.28. The highest BCUT2D eigenvalue weighted by Crippen LogP contribution is 2.17. The Morgan fingerprint density at radius 2 is 1.67 bits per heavy atom. The summed E-state index contributed by atoms with van der Waals surface area (Å²) in [7, 11) is 0. The molecule has 0 aromatic rings. The molecular weight excluding hydrogens is 268 g/mol. The third-order valence-corrected chi connectivity index (χ3v) is 3.55. The van der Waals surface area contributed by atoms with E-state index < -0.39 is 11.6 Å². The Hall–Kier alpha value is -1.26. The van der Waals surface area contributed by atoms with E-state index in [1.807, 2.05) is 34.6 Å². The van der Waals surface area contributed by atoms with Crippen molar-refractivity contribution in [1.29, 1.82) is 0 Å². The highest BCUT2D eigenvalue weighted by atomic mass is 16.6. The molecule has 5 nitrogen and oxygen atoms in total. The number of esters is 1. The number of ether oxygens (including phenoxy) is 1. The van der Waals surface area contributed by atoms with Crippen LogP contribution in [0.4, 0.5) is 4.79 Å². The molecule has 0 aromatic carbocycles. The summed E-state index contributed by atoms with van der Waals surface area (Å²) in [5, 5.41) is 5.73. The van der Waals surface area contributed by atoms with Crippen molar-refractivity contribution in [2.24, 2.45) is 5.92 Å². The van der Waals surface area contributed by atoms with Gasteiger partial charge in [-0.2, -0.15) is 0 Å². The highest BCUT2D eigenvalue weighted by Gasteiger charge is 2.29. The van der Waals surface area contributed by atoms with Crippen molar-refractivity contribution < 1.29 is 14.3 Å². The van der Waals surface area contributed by atoms with Gasteiger partial charge >= 0.3 is 12.0 Å². The van der Waals surface area contributed by atoms with Crippen molar-refractivity contribution in [3.05, 3.63) is 0 Å². The summed E-state index contributed by atoms with van der Waals surface area (Å²) < 4.78 is 5.37. The molecule has 0 heterocycles. The van der Waals surface area contributed by atoms with Crippen LogP contribution < -0.4 is 10.6 Å². The van der Waals surface area contributed by atoms with Crippen LogP contribution in [-0.4, -0.2) is 29.7 Å². The molecule has 0 unspecified atom stereocenters. The van der Waals surface area contributed by atoms with E-state index >= 15 is 0 Å². The van der Waals surface area contributed by atoms with Gasteiger partial charge < -0.3 is 15.4 Å². The van der Waals surface area contributed by atoms with Gasteiger partial charge in [-0.25, -0.2) is 9.59 Å². The SMILES string of the molecule is CC(C)[C@@H](NC(=O)NC1CCCCC1)C(=O)OC(C)(C)C. The summed E-state index contributed by atoms with van der Waals surface area (Å²) in [5.74, 6) is -0.395. The summed E-state index contributed by atoms with van der Waals surface area (Å²) in [5.41, 5.74) is -0.550. The molecule has 2 amide bonds. The fourth-order valence-corrected chi connectivity index (χ4v) is 2.48. The maximum Gasteiger partial charge on any atom is 0.329 e. The summed E-state index contributed by atoms with van der Waals surface area (Å²) in [4.78, 5) is 24.2. The largest absolute Gasteiger partial charge is 0.458 e. The second kappa shape index (κ2) is 7.66. The van der Waals surface area contributed by atoms with E-state index in [0.29, 0.717) is 0 Å². The average Bonchev–Trinajstić information content (AvgIpc) is 2.34. The smallest absolute Gasteiger partial charge is 0.329 e. The summed E-state index contributed by atoms with van der Waals surface area (Å²) in [6, 6.07) is -0.663. The first-order valence-corrected chi connectivity index (χ1v) is 7.99. The zero-order chi connectivity index (χ0) is 16.0. The Morgan fingerprint density at radius 3 is 2.14 bits per heavy atom.